The first kappa shape index (κ1) is 65.1. The number of aromatic nitrogens is 2. The molecule has 6 heterocycles. The third kappa shape index (κ3) is 10.8. The molecule has 0 radical (unpaired) electrons. The molecule has 6 heteroatoms. The molecular weight excluding hydrogens is 1400 g/mol. The van der Waals surface area contributed by atoms with Crippen molar-refractivity contribution in [2.75, 3.05) is 9.80 Å². The lowest BCUT2D eigenvalue weighted by molar-refractivity contribution is 0.669. The minimum absolute atomic E-state index is 0.872. The maximum absolute atomic E-state index is 6.48. The van der Waals surface area contributed by atoms with E-state index in [4.69, 9.17) is 4.42 Å². The zero-order chi connectivity index (χ0) is 74.9. The Morgan fingerprint density at radius 1 is 0.175 bits per heavy atom. The number of nitrogens with zero attached hydrogens (tertiary/aromatic N) is 4. The summed E-state index contributed by atoms with van der Waals surface area (Å²) in [7, 11) is 0. The van der Waals surface area contributed by atoms with Gasteiger partial charge in [-0.3, -0.25) is 0 Å². The second kappa shape index (κ2) is 26.5. The summed E-state index contributed by atoms with van der Waals surface area (Å²) in [6.07, 6.45) is 0. The Balaban J connectivity index is 0.000000135. The number of rotatable bonds is 12. The summed E-state index contributed by atoms with van der Waals surface area (Å²) >= 11 is 1.87. The van der Waals surface area contributed by atoms with Gasteiger partial charge in [0.1, 0.15) is 11.2 Å². The topological polar surface area (TPSA) is 28.4 Å². The molecule has 24 rings (SSSR count). The Morgan fingerprint density at radius 3 is 0.895 bits per heavy atom. The highest BCUT2D eigenvalue weighted by Gasteiger charge is 2.23. The normalized spacial score (nSPS) is 11.9. The molecule has 0 unspecified atom stereocenters. The maximum Gasteiger partial charge on any atom is 0.135 e. The lowest BCUT2D eigenvalue weighted by atomic mass is 10.00. The van der Waals surface area contributed by atoms with Gasteiger partial charge in [0, 0.05) is 108 Å². The van der Waals surface area contributed by atoms with Crippen molar-refractivity contribution in [1.29, 1.82) is 0 Å². The van der Waals surface area contributed by atoms with E-state index in [0.717, 1.165) is 61.6 Å². The number of hydrogen-bond donors (Lipinski definition) is 0. The zero-order valence-corrected chi connectivity index (χ0v) is 62.7. The van der Waals surface area contributed by atoms with Gasteiger partial charge in [0.25, 0.3) is 0 Å². The lowest BCUT2D eigenvalue weighted by Gasteiger charge is -2.26. The van der Waals surface area contributed by atoms with Crippen LogP contribution in [0.3, 0.4) is 0 Å². The summed E-state index contributed by atoms with van der Waals surface area (Å²) in [6, 6.07) is 150. The van der Waals surface area contributed by atoms with Gasteiger partial charge in [0.05, 0.1) is 33.1 Å². The molecule has 0 bridgehead atoms. The van der Waals surface area contributed by atoms with Gasteiger partial charge >= 0.3 is 0 Å². The molecule has 114 heavy (non-hydrogen) atoms. The molecule has 6 aromatic heterocycles. The molecule has 0 spiro atoms. The van der Waals surface area contributed by atoms with Crippen LogP contribution in [0.25, 0.3) is 185 Å². The SMILES string of the molecule is c1ccc(-c2ccc(N(c3ccc(-c4ccccc4)cc3)c3ccc4c(c3)sc3cc(-c5ccc6c(c5)c5cccc7c8ccccc8n6c75)ccc34)cc2)cc1.c1ccc(-c2ccc(N(c3ccc(-c4ccccc4)cc3)c3ccc4oc5ccc(-c6ccc7c(c6)c6cccc8c9ccccc9n7c86)cc5c4c3)cc2)cc1. The highest BCUT2D eigenvalue weighted by Crippen LogP contribution is 2.48. The molecule has 18 aromatic carbocycles. The Kier molecular flexibility index (Phi) is 15.1. The Morgan fingerprint density at radius 2 is 0.456 bits per heavy atom. The van der Waals surface area contributed by atoms with Gasteiger partial charge in [-0.1, -0.05) is 279 Å². The van der Waals surface area contributed by atoms with Gasteiger partial charge in [0.2, 0.25) is 0 Å². The second-order valence-electron chi connectivity index (χ2n) is 29.9. The van der Waals surface area contributed by atoms with Crippen molar-refractivity contribution in [3.05, 3.63) is 413 Å². The summed E-state index contributed by atoms with van der Waals surface area (Å²) in [5.74, 6) is 0. The maximum atomic E-state index is 6.48. The van der Waals surface area contributed by atoms with Crippen LogP contribution in [0.5, 0.6) is 0 Å². The van der Waals surface area contributed by atoms with Gasteiger partial charge in [-0.2, -0.15) is 0 Å². The summed E-state index contributed by atoms with van der Waals surface area (Å²) in [6.45, 7) is 0. The highest BCUT2D eigenvalue weighted by atomic mass is 32.1. The van der Waals surface area contributed by atoms with E-state index in [2.05, 4.69) is 431 Å². The molecule has 0 aliphatic rings. The predicted octanol–water partition coefficient (Wildman–Crippen LogP) is 30.9. The third-order valence-electron chi connectivity index (χ3n) is 23.5. The Labute approximate surface area is 661 Å². The van der Waals surface area contributed by atoms with Crippen LogP contribution in [0.4, 0.5) is 34.1 Å². The summed E-state index contributed by atoms with van der Waals surface area (Å²) in [4.78, 5) is 4.72. The van der Waals surface area contributed by atoms with Gasteiger partial charge in [0.15, 0.2) is 0 Å². The number of furan rings is 1. The van der Waals surface area contributed by atoms with E-state index in [1.54, 1.807) is 0 Å². The molecule has 0 amide bonds. The summed E-state index contributed by atoms with van der Waals surface area (Å²) in [5, 5.41) is 15.2. The van der Waals surface area contributed by atoms with Crippen LogP contribution in [0.2, 0.25) is 0 Å². The highest BCUT2D eigenvalue weighted by molar-refractivity contribution is 7.25. The van der Waals surface area contributed by atoms with Gasteiger partial charge in [-0.05, 0) is 200 Å². The summed E-state index contributed by atoms with van der Waals surface area (Å²) in [5.41, 5.74) is 30.5. The Hall–Kier alpha value is -14.8. The zero-order valence-electron chi connectivity index (χ0n) is 61.9. The fourth-order valence-electron chi connectivity index (χ4n) is 18.0. The first-order valence-electron chi connectivity index (χ1n) is 39.0. The average molecular weight is 1470 g/mol. The van der Waals surface area contributed by atoms with Crippen LogP contribution in [0.15, 0.2) is 417 Å². The number of fused-ring (bicyclic) bond motifs is 18. The average Bonchev–Trinajstić information content (AvgIpc) is 1.55. The predicted molar refractivity (Wildman–Crippen MR) is 484 cm³/mol. The molecule has 0 fully saturated rings. The van der Waals surface area contributed by atoms with Crippen LogP contribution in [-0.4, -0.2) is 8.80 Å². The van der Waals surface area contributed by atoms with Crippen molar-refractivity contribution < 1.29 is 4.42 Å². The van der Waals surface area contributed by atoms with Gasteiger partial charge in [-0.25, -0.2) is 0 Å². The molecule has 0 aliphatic heterocycles. The fourth-order valence-corrected chi connectivity index (χ4v) is 19.2. The van der Waals surface area contributed by atoms with Crippen molar-refractivity contribution in [3.8, 4) is 66.8 Å². The molecule has 0 saturated heterocycles. The monoisotopic (exact) mass is 1470 g/mol. The van der Waals surface area contributed by atoms with Crippen LogP contribution < -0.4 is 9.80 Å². The number of thiophene rings is 1. The quantitative estimate of drug-likeness (QED) is 0.122. The van der Waals surface area contributed by atoms with Crippen molar-refractivity contribution in [2.45, 2.75) is 0 Å². The second-order valence-corrected chi connectivity index (χ2v) is 31.0. The first-order chi connectivity index (χ1) is 56.5. The van der Waals surface area contributed by atoms with E-state index in [-0.39, 0.29) is 0 Å². The van der Waals surface area contributed by atoms with E-state index in [1.165, 1.54) is 158 Å². The van der Waals surface area contributed by atoms with Crippen LogP contribution in [0, 0.1) is 0 Å². The van der Waals surface area contributed by atoms with Gasteiger partial charge < -0.3 is 23.0 Å². The molecule has 0 saturated carbocycles. The smallest absolute Gasteiger partial charge is 0.135 e. The fraction of sp³-hybridized carbons (Fsp3) is 0. The van der Waals surface area contributed by atoms with E-state index in [1.807, 2.05) is 11.3 Å². The molecule has 5 nitrogen and oxygen atoms in total. The van der Waals surface area contributed by atoms with Crippen molar-refractivity contribution in [2.24, 2.45) is 0 Å². The van der Waals surface area contributed by atoms with E-state index < -0.39 is 0 Å². The molecular formula is C108H68N4OS. The molecule has 24 aromatic rings. The largest absolute Gasteiger partial charge is 0.456 e. The van der Waals surface area contributed by atoms with Gasteiger partial charge in [-0.15, -0.1) is 11.3 Å². The minimum Gasteiger partial charge on any atom is -0.456 e. The van der Waals surface area contributed by atoms with Crippen LogP contribution in [-0.2, 0) is 0 Å². The van der Waals surface area contributed by atoms with Crippen molar-refractivity contribution in [3.63, 3.8) is 0 Å². The first-order valence-corrected chi connectivity index (χ1v) is 39.8. The molecule has 532 valence electrons. The molecule has 0 atom stereocenters. The number of benzene rings is 18. The van der Waals surface area contributed by atoms with Crippen molar-refractivity contribution >= 4 is 164 Å². The third-order valence-corrected chi connectivity index (χ3v) is 24.6. The number of para-hydroxylation sites is 4. The minimum atomic E-state index is 0.872. The molecule has 0 aliphatic carbocycles. The van der Waals surface area contributed by atoms with Crippen LogP contribution >= 0.6 is 11.3 Å². The van der Waals surface area contributed by atoms with Crippen molar-refractivity contribution in [1.82, 2.24) is 8.80 Å². The number of hydrogen-bond acceptors (Lipinski definition) is 4. The standard InChI is InChI=1S/C54H34N2O.C54H34N2S/c1-3-10-35(11-4-1)37-18-24-41(25-19-37)55(42-26-20-38(21-27-42)36-12-5-2-6-13-36)43-28-31-53-49(34-43)48-33-40(23-30-52(48)57-53)39-22-29-51-47(32-39)46-16-9-15-45-44-14-7-8-17-50(44)56(51)54(45)46;1-3-10-35(11-4-1)37-18-24-41(25-19-37)55(42-26-20-38(21-27-42)36-12-5-2-6-13-36)43-28-30-46-45-29-22-40(33-52(45)57-53(46)34-43)39-23-31-51-49(32-39)48-16-9-15-47-44-14-7-8-17-50(44)56(51)54(47)48/h2*1-34H. The van der Waals surface area contributed by atoms with E-state index in [0.29, 0.717) is 0 Å². The molecule has 0 N–H and O–H groups in total. The summed E-state index contributed by atoms with van der Waals surface area (Å²) < 4.78 is 13.9. The van der Waals surface area contributed by atoms with Crippen LogP contribution in [0.1, 0.15) is 0 Å². The number of anilines is 6. The van der Waals surface area contributed by atoms with E-state index in [9.17, 15) is 0 Å². The lowest BCUT2D eigenvalue weighted by Crippen LogP contribution is -2.09. The Bertz CT molecular complexity index is 7630. The van der Waals surface area contributed by atoms with E-state index >= 15 is 0 Å².